The van der Waals surface area contributed by atoms with Crippen LogP contribution >= 0.6 is 0 Å². The second kappa shape index (κ2) is 3.33. The first-order valence-electron chi connectivity index (χ1n) is 3.95. The maximum absolute atomic E-state index is 12.1. The van der Waals surface area contributed by atoms with Crippen LogP contribution in [0.3, 0.4) is 0 Å². The van der Waals surface area contributed by atoms with Crippen molar-refractivity contribution in [2.24, 2.45) is 5.92 Å². The number of allylic oxidation sites excluding steroid dienone is 4. The average Bonchev–Trinajstić information content (AvgIpc) is 2.11. The van der Waals surface area contributed by atoms with Crippen LogP contribution in [0.1, 0.15) is 19.8 Å². The van der Waals surface area contributed by atoms with Crippen LogP contribution in [0.15, 0.2) is 23.8 Å². The topological polar surface area (TPSA) is 0 Å². The van der Waals surface area contributed by atoms with E-state index in [1.165, 1.54) is 12.2 Å². The second-order valence-electron chi connectivity index (χ2n) is 3.07. The Morgan fingerprint density at radius 1 is 1.42 bits per heavy atom. The smallest absolute Gasteiger partial charge is 0.166 e. The van der Waals surface area contributed by atoms with E-state index in [-0.39, 0.29) is 5.92 Å². The monoisotopic (exact) mass is 176 g/mol. The molecule has 0 fully saturated rings. The van der Waals surface area contributed by atoms with Crippen molar-refractivity contribution in [3.05, 3.63) is 23.8 Å². The zero-order chi connectivity index (χ0) is 9.19. The van der Waals surface area contributed by atoms with Crippen molar-refractivity contribution in [3.63, 3.8) is 0 Å². The molecule has 0 heterocycles. The molecule has 0 nitrogen and oxygen atoms in total. The Hall–Kier alpha value is -0.730. The molecule has 0 N–H and O–H groups in total. The van der Waals surface area contributed by atoms with E-state index in [0.717, 1.165) is 6.42 Å². The lowest BCUT2D eigenvalue weighted by molar-refractivity contribution is -0.0883. The van der Waals surface area contributed by atoms with Gasteiger partial charge < -0.3 is 0 Å². The van der Waals surface area contributed by atoms with Gasteiger partial charge in [0, 0.05) is 0 Å². The second-order valence-corrected chi connectivity index (χ2v) is 3.07. The molecule has 68 valence electrons. The molecule has 0 aromatic rings. The maximum Gasteiger partial charge on any atom is 0.416 e. The van der Waals surface area contributed by atoms with Gasteiger partial charge in [-0.25, -0.2) is 0 Å². The zero-order valence-electron chi connectivity index (χ0n) is 6.86. The number of alkyl halides is 3. The minimum atomic E-state index is -4.18. The van der Waals surface area contributed by atoms with Crippen LogP contribution < -0.4 is 0 Å². The van der Waals surface area contributed by atoms with Crippen molar-refractivity contribution in [2.75, 3.05) is 0 Å². The minimum Gasteiger partial charge on any atom is -0.166 e. The first-order valence-corrected chi connectivity index (χ1v) is 3.95. The molecule has 0 bridgehead atoms. The molecule has 0 amide bonds. The molecule has 0 unspecified atom stereocenters. The summed E-state index contributed by atoms with van der Waals surface area (Å²) in [6.45, 7) is 1.92. The summed E-state index contributed by atoms with van der Waals surface area (Å²) in [6, 6.07) is 0. The summed E-state index contributed by atoms with van der Waals surface area (Å²) in [5, 5.41) is 0. The van der Waals surface area contributed by atoms with Gasteiger partial charge in [0.25, 0.3) is 0 Å². The first kappa shape index (κ1) is 9.36. The van der Waals surface area contributed by atoms with Gasteiger partial charge in [-0.2, -0.15) is 13.2 Å². The normalized spacial score (nSPS) is 25.0. The summed E-state index contributed by atoms with van der Waals surface area (Å²) >= 11 is 0. The Kier molecular flexibility index (Phi) is 2.60. The molecule has 0 spiro atoms. The highest BCUT2D eigenvalue weighted by Gasteiger charge is 2.31. The van der Waals surface area contributed by atoms with Crippen molar-refractivity contribution in [3.8, 4) is 0 Å². The maximum atomic E-state index is 12.1. The Labute approximate surface area is 69.8 Å². The third-order valence-electron chi connectivity index (χ3n) is 1.92. The molecule has 1 aliphatic carbocycles. The van der Waals surface area contributed by atoms with E-state index >= 15 is 0 Å². The van der Waals surface area contributed by atoms with E-state index in [9.17, 15) is 13.2 Å². The van der Waals surface area contributed by atoms with Gasteiger partial charge >= 0.3 is 6.18 Å². The Morgan fingerprint density at radius 3 is 2.67 bits per heavy atom. The summed E-state index contributed by atoms with van der Waals surface area (Å²) in [7, 11) is 0. The van der Waals surface area contributed by atoms with Gasteiger partial charge in [-0.05, 0) is 18.8 Å². The summed E-state index contributed by atoms with van der Waals surface area (Å²) < 4.78 is 36.4. The van der Waals surface area contributed by atoms with E-state index in [0.29, 0.717) is 6.42 Å². The fourth-order valence-electron chi connectivity index (χ4n) is 1.14. The van der Waals surface area contributed by atoms with E-state index in [2.05, 4.69) is 0 Å². The third kappa shape index (κ3) is 2.40. The van der Waals surface area contributed by atoms with Crippen molar-refractivity contribution < 1.29 is 13.2 Å². The van der Waals surface area contributed by atoms with Gasteiger partial charge in [-0.1, -0.05) is 25.2 Å². The van der Waals surface area contributed by atoms with Gasteiger partial charge in [0.05, 0.1) is 5.57 Å². The Morgan fingerprint density at radius 2 is 2.08 bits per heavy atom. The molecule has 0 saturated heterocycles. The van der Waals surface area contributed by atoms with E-state index in [1.54, 1.807) is 6.08 Å². The lowest BCUT2D eigenvalue weighted by atomic mass is 10.1. The molecule has 0 aliphatic heterocycles. The first-order chi connectivity index (χ1) is 5.50. The summed E-state index contributed by atoms with van der Waals surface area (Å²) in [5.74, 6) is 0.251. The molecule has 0 aromatic heterocycles. The lowest BCUT2D eigenvalue weighted by Crippen LogP contribution is -2.09. The predicted molar refractivity (Wildman–Crippen MR) is 41.7 cm³/mol. The molecule has 1 atom stereocenters. The van der Waals surface area contributed by atoms with Crippen molar-refractivity contribution in [1.29, 1.82) is 0 Å². The highest BCUT2D eigenvalue weighted by Crippen LogP contribution is 2.29. The van der Waals surface area contributed by atoms with Crippen molar-refractivity contribution in [1.82, 2.24) is 0 Å². The fourth-order valence-corrected chi connectivity index (χ4v) is 1.14. The molecule has 0 saturated carbocycles. The predicted octanol–water partition coefficient (Wildman–Crippen LogP) is 3.46. The van der Waals surface area contributed by atoms with Crippen LogP contribution in [0.5, 0.6) is 0 Å². The summed E-state index contributed by atoms with van der Waals surface area (Å²) in [4.78, 5) is 0. The van der Waals surface area contributed by atoms with E-state index in [1.807, 2.05) is 6.92 Å². The van der Waals surface area contributed by atoms with Crippen LogP contribution in [0.4, 0.5) is 13.2 Å². The summed E-state index contributed by atoms with van der Waals surface area (Å²) in [5.41, 5.74) is -0.508. The van der Waals surface area contributed by atoms with Gasteiger partial charge in [-0.3, -0.25) is 0 Å². The molecule has 3 heteroatoms. The van der Waals surface area contributed by atoms with Crippen LogP contribution in [0, 0.1) is 5.92 Å². The Balaban J connectivity index is 2.77. The number of hydrogen-bond acceptors (Lipinski definition) is 0. The van der Waals surface area contributed by atoms with E-state index in [4.69, 9.17) is 0 Å². The highest BCUT2D eigenvalue weighted by atomic mass is 19.4. The molecular formula is C9H11F3. The van der Waals surface area contributed by atoms with Crippen molar-refractivity contribution in [2.45, 2.75) is 25.9 Å². The third-order valence-corrected chi connectivity index (χ3v) is 1.92. The average molecular weight is 176 g/mol. The largest absolute Gasteiger partial charge is 0.416 e. The SMILES string of the molecule is C[C@H]1C=CC(C(F)(F)F)=CCC1. The van der Waals surface area contributed by atoms with Gasteiger partial charge in [-0.15, -0.1) is 0 Å². The van der Waals surface area contributed by atoms with Gasteiger partial charge in [0.2, 0.25) is 0 Å². The molecular weight excluding hydrogens is 165 g/mol. The van der Waals surface area contributed by atoms with Gasteiger partial charge in [0.1, 0.15) is 0 Å². The van der Waals surface area contributed by atoms with Crippen LogP contribution in [0.2, 0.25) is 0 Å². The lowest BCUT2D eigenvalue weighted by Gasteiger charge is -2.05. The molecule has 1 aliphatic rings. The van der Waals surface area contributed by atoms with Crippen LogP contribution in [-0.2, 0) is 0 Å². The standard InChI is InChI=1S/C9H11F3/c1-7-3-2-4-8(6-5-7)9(10,11)12/h4-7H,2-3H2,1H3/t7-/m1/s1. The minimum absolute atomic E-state index is 0.251. The molecule has 0 radical (unpaired) electrons. The fraction of sp³-hybridized carbons (Fsp3) is 0.556. The highest BCUT2D eigenvalue weighted by molar-refractivity contribution is 5.25. The van der Waals surface area contributed by atoms with Crippen LogP contribution in [0.25, 0.3) is 0 Å². The number of halogens is 3. The van der Waals surface area contributed by atoms with Crippen LogP contribution in [-0.4, -0.2) is 6.18 Å². The van der Waals surface area contributed by atoms with Crippen molar-refractivity contribution >= 4 is 0 Å². The van der Waals surface area contributed by atoms with Gasteiger partial charge in [0.15, 0.2) is 0 Å². The zero-order valence-corrected chi connectivity index (χ0v) is 6.86. The molecule has 1 rings (SSSR count). The number of rotatable bonds is 0. The molecule has 0 aromatic carbocycles. The van der Waals surface area contributed by atoms with E-state index < -0.39 is 11.7 Å². The number of hydrogen-bond donors (Lipinski definition) is 0. The quantitative estimate of drug-likeness (QED) is 0.530. The summed E-state index contributed by atoms with van der Waals surface area (Å²) in [6.07, 6.45) is 1.20. The molecule has 12 heavy (non-hydrogen) atoms. The Bertz CT molecular complexity index is 210.